The number of rotatable bonds is 7. The molecule has 1 aliphatic carbocycles. The Morgan fingerprint density at radius 2 is 1.96 bits per heavy atom. The largest absolute Gasteiger partial charge is 0.345 e. The van der Waals surface area contributed by atoms with Crippen molar-refractivity contribution in [3.8, 4) is 0 Å². The lowest BCUT2D eigenvalue weighted by Gasteiger charge is -2.39. The molecular weight excluding hydrogens is 354 g/mol. The van der Waals surface area contributed by atoms with Crippen LogP contribution in [0.5, 0.6) is 0 Å². The van der Waals surface area contributed by atoms with E-state index in [1.807, 2.05) is 18.6 Å². The molecule has 1 N–H and O–H groups in total. The lowest BCUT2D eigenvalue weighted by Crippen LogP contribution is -2.58. The number of carbonyl (C=O) groups is 1. The first-order chi connectivity index (χ1) is 13.7. The maximum atomic E-state index is 12.3. The van der Waals surface area contributed by atoms with Crippen molar-refractivity contribution in [2.24, 2.45) is 0 Å². The van der Waals surface area contributed by atoms with Crippen LogP contribution in [0, 0.1) is 0 Å². The fourth-order valence-electron chi connectivity index (χ4n) is 3.58. The number of nitrogens with zero attached hydrogens (tertiary/aromatic N) is 6. The van der Waals surface area contributed by atoms with Crippen LogP contribution >= 0.6 is 0 Å². The molecule has 1 saturated heterocycles. The van der Waals surface area contributed by atoms with E-state index in [4.69, 9.17) is 0 Å². The summed E-state index contributed by atoms with van der Waals surface area (Å²) >= 11 is 0. The molecule has 0 unspecified atom stereocenters. The van der Waals surface area contributed by atoms with Crippen molar-refractivity contribution in [3.05, 3.63) is 66.0 Å². The van der Waals surface area contributed by atoms with Gasteiger partial charge in [0.05, 0.1) is 30.3 Å². The van der Waals surface area contributed by atoms with E-state index in [-0.39, 0.29) is 11.9 Å². The number of imidazole rings is 1. The SMILES string of the molecule is O=C(NC1CN(Cc2cncn2Cc2ccccc2)C1)c1cn(C2CC2)nn1. The first kappa shape index (κ1) is 17.1. The van der Waals surface area contributed by atoms with Gasteiger partial charge in [-0.3, -0.25) is 9.69 Å². The van der Waals surface area contributed by atoms with Crippen LogP contribution in [-0.2, 0) is 13.1 Å². The molecule has 3 aromatic rings. The number of hydrogen-bond donors (Lipinski definition) is 1. The number of amides is 1. The Kier molecular flexibility index (Phi) is 4.40. The fraction of sp³-hybridized carbons (Fsp3) is 0.400. The maximum absolute atomic E-state index is 12.3. The quantitative estimate of drug-likeness (QED) is 0.674. The van der Waals surface area contributed by atoms with Crippen LogP contribution in [0.3, 0.4) is 0 Å². The topological polar surface area (TPSA) is 80.9 Å². The van der Waals surface area contributed by atoms with E-state index in [0.717, 1.165) is 39.0 Å². The summed E-state index contributed by atoms with van der Waals surface area (Å²) < 4.78 is 3.98. The number of carbonyl (C=O) groups excluding carboxylic acids is 1. The normalized spacial score (nSPS) is 17.4. The van der Waals surface area contributed by atoms with Crippen molar-refractivity contribution in [2.75, 3.05) is 13.1 Å². The van der Waals surface area contributed by atoms with Gasteiger partial charge < -0.3 is 9.88 Å². The Bertz CT molecular complexity index is 954. The highest BCUT2D eigenvalue weighted by Crippen LogP contribution is 2.33. The summed E-state index contributed by atoms with van der Waals surface area (Å²) in [6, 6.07) is 11.0. The lowest BCUT2D eigenvalue weighted by molar-refractivity contribution is 0.0784. The van der Waals surface area contributed by atoms with Crippen molar-refractivity contribution >= 4 is 5.91 Å². The standard InChI is InChI=1S/C20H23N7O/c28-20(19-13-27(24-23-19)17-6-7-17)22-16-10-25(11-16)12-18-8-21-14-26(18)9-15-4-2-1-3-5-15/h1-5,8,13-14,16-17H,6-7,9-12H2,(H,22,28). The summed E-state index contributed by atoms with van der Waals surface area (Å²) in [6.45, 7) is 3.32. The van der Waals surface area contributed by atoms with Crippen LogP contribution in [0.1, 0.15) is 40.6 Å². The first-order valence-corrected chi connectivity index (χ1v) is 9.72. The molecule has 2 fully saturated rings. The molecule has 0 atom stereocenters. The molecule has 0 radical (unpaired) electrons. The predicted octanol–water partition coefficient (Wildman–Crippen LogP) is 1.47. The Morgan fingerprint density at radius 3 is 2.75 bits per heavy atom. The molecule has 2 aromatic heterocycles. The molecule has 1 aliphatic heterocycles. The smallest absolute Gasteiger partial charge is 0.273 e. The van der Waals surface area contributed by atoms with Gasteiger partial charge in [0.2, 0.25) is 0 Å². The summed E-state index contributed by atoms with van der Waals surface area (Å²) in [5, 5.41) is 11.1. The molecule has 0 spiro atoms. The van der Waals surface area contributed by atoms with Gasteiger partial charge in [-0.05, 0) is 18.4 Å². The van der Waals surface area contributed by atoms with E-state index in [1.165, 1.54) is 11.3 Å². The monoisotopic (exact) mass is 377 g/mol. The van der Waals surface area contributed by atoms with E-state index >= 15 is 0 Å². The van der Waals surface area contributed by atoms with Gasteiger partial charge in [-0.25, -0.2) is 9.67 Å². The van der Waals surface area contributed by atoms with E-state index in [1.54, 1.807) is 10.9 Å². The third-order valence-electron chi connectivity index (χ3n) is 5.34. The molecule has 28 heavy (non-hydrogen) atoms. The number of aromatic nitrogens is 5. The summed E-state index contributed by atoms with van der Waals surface area (Å²) in [5.74, 6) is -0.134. The van der Waals surface area contributed by atoms with Crippen molar-refractivity contribution in [1.82, 2.24) is 34.8 Å². The number of likely N-dealkylation sites (tertiary alicyclic amines) is 1. The maximum Gasteiger partial charge on any atom is 0.273 e. The lowest BCUT2D eigenvalue weighted by atomic mass is 10.1. The molecular formula is C20H23N7O. The van der Waals surface area contributed by atoms with E-state index in [9.17, 15) is 4.79 Å². The minimum atomic E-state index is -0.134. The highest BCUT2D eigenvalue weighted by molar-refractivity contribution is 5.92. The third-order valence-corrected chi connectivity index (χ3v) is 5.34. The summed E-state index contributed by atoms with van der Waals surface area (Å²) in [6.07, 6.45) is 7.81. The first-order valence-electron chi connectivity index (χ1n) is 9.72. The van der Waals surface area contributed by atoms with Crippen LogP contribution in [0.4, 0.5) is 0 Å². The van der Waals surface area contributed by atoms with E-state index in [2.05, 4.69) is 54.3 Å². The van der Waals surface area contributed by atoms with Gasteiger partial charge in [-0.15, -0.1) is 5.10 Å². The molecule has 8 nitrogen and oxygen atoms in total. The highest BCUT2D eigenvalue weighted by Gasteiger charge is 2.30. The molecule has 1 amide bonds. The molecule has 8 heteroatoms. The van der Waals surface area contributed by atoms with Gasteiger partial charge in [0.15, 0.2) is 5.69 Å². The van der Waals surface area contributed by atoms with Crippen LogP contribution in [0.25, 0.3) is 0 Å². The van der Waals surface area contributed by atoms with Crippen LogP contribution in [0.15, 0.2) is 49.1 Å². The molecule has 0 bridgehead atoms. The zero-order valence-electron chi connectivity index (χ0n) is 15.6. The number of benzene rings is 1. The van der Waals surface area contributed by atoms with E-state index < -0.39 is 0 Å². The second-order valence-corrected chi connectivity index (χ2v) is 7.68. The minimum Gasteiger partial charge on any atom is -0.345 e. The van der Waals surface area contributed by atoms with Crippen LogP contribution < -0.4 is 5.32 Å². The molecule has 1 aromatic carbocycles. The predicted molar refractivity (Wildman–Crippen MR) is 103 cm³/mol. The van der Waals surface area contributed by atoms with Gasteiger partial charge in [0.1, 0.15) is 0 Å². The van der Waals surface area contributed by atoms with Gasteiger partial charge in [0.25, 0.3) is 5.91 Å². The zero-order chi connectivity index (χ0) is 18.9. The molecule has 5 rings (SSSR count). The van der Waals surface area contributed by atoms with Crippen LogP contribution in [0.2, 0.25) is 0 Å². The summed E-state index contributed by atoms with van der Waals surface area (Å²) in [5.41, 5.74) is 2.85. The average Bonchev–Trinajstić information content (AvgIpc) is 3.24. The average molecular weight is 377 g/mol. The second kappa shape index (κ2) is 7.20. The van der Waals surface area contributed by atoms with E-state index in [0.29, 0.717) is 11.7 Å². The number of hydrogen-bond acceptors (Lipinski definition) is 5. The van der Waals surface area contributed by atoms with Crippen molar-refractivity contribution in [3.63, 3.8) is 0 Å². The Balaban J connectivity index is 1.12. The van der Waals surface area contributed by atoms with Crippen molar-refractivity contribution in [1.29, 1.82) is 0 Å². The summed E-state index contributed by atoms with van der Waals surface area (Å²) in [4.78, 5) is 18.9. The molecule has 1 saturated carbocycles. The minimum absolute atomic E-state index is 0.134. The van der Waals surface area contributed by atoms with Gasteiger partial charge in [-0.2, -0.15) is 0 Å². The molecule has 2 aliphatic rings. The van der Waals surface area contributed by atoms with Gasteiger partial charge in [0, 0.05) is 32.4 Å². The molecule has 3 heterocycles. The summed E-state index contributed by atoms with van der Waals surface area (Å²) in [7, 11) is 0. The zero-order valence-corrected chi connectivity index (χ0v) is 15.6. The van der Waals surface area contributed by atoms with Gasteiger partial charge in [-0.1, -0.05) is 35.5 Å². The van der Waals surface area contributed by atoms with Crippen molar-refractivity contribution in [2.45, 2.75) is 38.0 Å². The Hall–Kier alpha value is -3.00. The highest BCUT2D eigenvalue weighted by atomic mass is 16.2. The van der Waals surface area contributed by atoms with Crippen molar-refractivity contribution < 1.29 is 4.79 Å². The third kappa shape index (κ3) is 3.68. The molecule has 144 valence electrons. The fourth-order valence-corrected chi connectivity index (χ4v) is 3.58. The van der Waals surface area contributed by atoms with Crippen LogP contribution in [-0.4, -0.2) is 54.5 Å². The number of nitrogens with one attached hydrogen (secondary N) is 1. The Morgan fingerprint density at radius 1 is 1.14 bits per heavy atom. The van der Waals surface area contributed by atoms with Gasteiger partial charge >= 0.3 is 0 Å². The Labute approximate surface area is 163 Å². The second-order valence-electron chi connectivity index (χ2n) is 7.68.